The van der Waals surface area contributed by atoms with Crippen molar-refractivity contribution < 1.29 is 4.74 Å². The maximum absolute atomic E-state index is 6.31. The molecule has 190 valence electrons. The summed E-state index contributed by atoms with van der Waals surface area (Å²) in [6.07, 6.45) is 9.22. The lowest BCUT2D eigenvalue weighted by Gasteiger charge is -2.18. The molecule has 0 spiro atoms. The summed E-state index contributed by atoms with van der Waals surface area (Å²) < 4.78 is 6.31. The number of nitrogens with zero attached hydrogens (tertiary/aromatic N) is 5. The van der Waals surface area contributed by atoms with Gasteiger partial charge in [0.2, 0.25) is 0 Å². The molecular formula is C30H28N6OS. The van der Waals surface area contributed by atoms with Crippen molar-refractivity contribution in [3.05, 3.63) is 90.0 Å². The second-order valence-electron chi connectivity index (χ2n) is 9.60. The third-order valence-electron chi connectivity index (χ3n) is 6.53. The summed E-state index contributed by atoms with van der Waals surface area (Å²) in [5.74, 6) is 1.37. The minimum Gasteiger partial charge on any atom is -0.486 e. The average molecular weight is 521 g/mol. The first-order valence-electron chi connectivity index (χ1n) is 12.7. The zero-order chi connectivity index (χ0) is 26.1. The van der Waals surface area contributed by atoms with E-state index in [1.165, 1.54) is 12.8 Å². The maximum Gasteiger partial charge on any atom is 0.183 e. The lowest BCUT2D eigenvalue weighted by molar-refractivity contribution is 0.226. The number of thiazole rings is 1. The van der Waals surface area contributed by atoms with E-state index < -0.39 is 0 Å². The number of aromatic nitrogens is 5. The fraction of sp³-hybridized carbons (Fsp3) is 0.233. The van der Waals surface area contributed by atoms with Gasteiger partial charge >= 0.3 is 0 Å². The van der Waals surface area contributed by atoms with Gasteiger partial charge in [0.15, 0.2) is 11.0 Å². The summed E-state index contributed by atoms with van der Waals surface area (Å²) in [7, 11) is 0. The largest absolute Gasteiger partial charge is 0.486 e. The molecule has 0 radical (unpaired) electrons. The Morgan fingerprint density at radius 2 is 1.66 bits per heavy atom. The van der Waals surface area contributed by atoms with Gasteiger partial charge in [0.25, 0.3) is 0 Å². The number of hydrogen-bond acceptors (Lipinski definition) is 8. The Kier molecular flexibility index (Phi) is 6.55. The second kappa shape index (κ2) is 10.3. The molecule has 3 heterocycles. The smallest absolute Gasteiger partial charge is 0.183 e. The fourth-order valence-corrected chi connectivity index (χ4v) is 5.34. The van der Waals surface area contributed by atoms with Gasteiger partial charge in [-0.15, -0.1) is 0 Å². The van der Waals surface area contributed by atoms with Crippen molar-refractivity contribution in [2.75, 3.05) is 5.32 Å². The van der Waals surface area contributed by atoms with E-state index in [0.29, 0.717) is 17.6 Å². The van der Waals surface area contributed by atoms with Gasteiger partial charge in [0, 0.05) is 30.2 Å². The highest BCUT2D eigenvalue weighted by Crippen LogP contribution is 2.37. The molecule has 1 unspecified atom stereocenters. The maximum atomic E-state index is 6.31. The average Bonchev–Trinajstić information content (AvgIpc) is 3.62. The zero-order valence-corrected chi connectivity index (χ0v) is 22.4. The molecule has 3 aromatic heterocycles. The number of ether oxygens (including phenoxy) is 1. The molecule has 1 N–H and O–H groups in total. The normalized spacial score (nSPS) is 13.8. The van der Waals surface area contributed by atoms with E-state index in [-0.39, 0.29) is 6.10 Å². The Morgan fingerprint density at radius 3 is 2.37 bits per heavy atom. The number of hydrogen-bond donors (Lipinski definition) is 1. The van der Waals surface area contributed by atoms with Crippen LogP contribution in [0.3, 0.4) is 0 Å². The van der Waals surface area contributed by atoms with Crippen LogP contribution in [0.2, 0.25) is 0 Å². The highest BCUT2D eigenvalue weighted by Gasteiger charge is 2.23. The van der Waals surface area contributed by atoms with Crippen LogP contribution in [0.5, 0.6) is 5.75 Å². The van der Waals surface area contributed by atoms with Crippen LogP contribution in [0.1, 0.15) is 42.6 Å². The van der Waals surface area contributed by atoms with Crippen molar-refractivity contribution in [3.63, 3.8) is 0 Å². The van der Waals surface area contributed by atoms with E-state index in [0.717, 1.165) is 49.4 Å². The van der Waals surface area contributed by atoms with E-state index in [1.807, 2.05) is 30.5 Å². The van der Waals surface area contributed by atoms with E-state index in [1.54, 1.807) is 29.9 Å². The number of benzene rings is 2. The van der Waals surface area contributed by atoms with Crippen LogP contribution in [0, 0.1) is 13.8 Å². The lowest BCUT2D eigenvalue weighted by atomic mass is 9.98. The van der Waals surface area contributed by atoms with Crippen LogP contribution in [0.25, 0.3) is 33.3 Å². The molecule has 7 nitrogen and oxygen atoms in total. The van der Waals surface area contributed by atoms with E-state index in [9.17, 15) is 0 Å². The molecule has 0 aliphatic heterocycles. The zero-order valence-electron chi connectivity index (χ0n) is 21.5. The van der Waals surface area contributed by atoms with Gasteiger partial charge in [-0.25, -0.2) is 19.9 Å². The summed E-state index contributed by atoms with van der Waals surface area (Å²) in [4.78, 5) is 24.0. The molecule has 1 aliphatic carbocycles. The monoisotopic (exact) mass is 520 g/mol. The van der Waals surface area contributed by atoms with Crippen LogP contribution in [0.15, 0.2) is 73.3 Å². The van der Waals surface area contributed by atoms with Crippen LogP contribution in [0.4, 0.5) is 5.13 Å². The SMILES string of the molecule is Cc1cc(OC(C)c2ccccc2)cc(C)c1-c1cc(-c2cnc(NC3CC3)s2)nc(-c2cnccn2)n1. The molecule has 8 heteroatoms. The molecule has 2 aromatic carbocycles. The molecule has 1 fully saturated rings. The van der Waals surface area contributed by atoms with Gasteiger partial charge in [-0.3, -0.25) is 4.98 Å². The Morgan fingerprint density at radius 1 is 0.895 bits per heavy atom. The van der Waals surface area contributed by atoms with E-state index >= 15 is 0 Å². The first-order valence-corrected chi connectivity index (χ1v) is 13.6. The molecule has 1 aliphatic rings. The molecule has 38 heavy (non-hydrogen) atoms. The van der Waals surface area contributed by atoms with Crippen LogP contribution < -0.4 is 10.1 Å². The Balaban J connectivity index is 1.38. The summed E-state index contributed by atoms with van der Waals surface area (Å²) >= 11 is 1.61. The minimum absolute atomic E-state index is 0.0560. The van der Waals surface area contributed by atoms with Crippen molar-refractivity contribution in [3.8, 4) is 39.1 Å². The number of nitrogens with one attached hydrogen (secondary N) is 1. The lowest BCUT2D eigenvalue weighted by Crippen LogP contribution is -2.04. The number of aryl methyl sites for hydroxylation is 2. The third kappa shape index (κ3) is 5.26. The first kappa shape index (κ1) is 24.2. The summed E-state index contributed by atoms with van der Waals surface area (Å²) in [5.41, 5.74) is 6.63. The van der Waals surface area contributed by atoms with Crippen LogP contribution >= 0.6 is 11.3 Å². The molecule has 1 saturated carbocycles. The highest BCUT2D eigenvalue weighted by atomic mass is 32.1. The number of anilines is 1. The van der Waals surface area contributed by atoms with Crippen molar-refractivity contribution in [2.24, 2.45) is 0 Å². The van der Waals surface area contributed by atoms with Gasteiger partial charge in [-0.05, 0) is 68.5 Å². The first-order chi connectivity index (χ1) is 18.5. The molecular weight excluding hydrogens is 492 g/mol. The molecule has 0 amide bonds. The van der Waals surface area contributed by atoms with E-state index in [4.69, 9.17) is 14.7 Å². The Bertz CT molecular complexity index is 1540. The summed E-state index contributed by atoms with van der Waals surface area (Å²) in [6.45, 7) is 6.26. The van der Waals surface area contributed by atoms with Crippen molar-refractivity contribution >= 4 is 16.5 Å². The Labute approximate surface area is 226 Å². The highest BCUT2D eigenvalue weighted by molar-refractivity contribution is 7.18. The summed E-state index contributed by atoms with van der Waals surface area (Å²) in [5, 5.41) is 4.40. The fourth-order valence-electron chi connectivity index (χ4n) is 4.48. The molecule has 6 rings (SSSR count). The van der Waals surface area contributed by atoms with Crippen LogP contribution in [-0.4, -0.2) is 31.0 Å². The topological polar surface area (TPSA) is 85.7 Å². The van der Waals surface area contributed by atoms with Gasteiger partial charge in [-0.1, -0.05) is 41.7 Å². The summed E-state index contributed by atoms with van der Waals surface area (Å²) in [6, 6.07) is 17.0. The molecule has 0 bridgehead atoms. The van der Waals surface area contributed by atoms with E-state index in [2.05, 4.69) is 65.3 Å². The predicted octanol–water partition coefficient (Wildman–Crippen LogP) is 7.06. The predicted molar refractivity (Wildman–Crippen MR) is 151 cm³/mol. The quantitative estimate of drug-likeness (QED) is 0.234. The van der Waals surface area contributed by atoms with Gasteiger partial charge in [0.05, 0.1) is 22.5 Å². The Hall–Kier alpha value is -4.17. The van der Waals surface area contributed by atoms with Gasteiger partial charge in [-0.2, -0.15) is 0 Å². The second-order valence-corrected chi connectivity index (χ2v) is 10.6. The number of rotatable bonds is 8. The molecule has 0 saturated heterocycles. The van der Waals surface area contributed by atoms with Crippen molar-refractivity contribution in [1.82, 2.24) is 24.9 Å². The van der Waals surface area contributed by atoms with Crippen LogP contribution in [-0.2, 0) is 0 Å². The van der Waals surface area contributed by atoms with Crippen molar-refractivity contribution in [1.29, 1.82) is 0 Å². The van der Waals surface area contributed by atoms with Gasteiger partial charge < -0.3 is 10.1 Å². The van der Waals surface area contributed by atoms with Crippen molar-refractivity contribution in [2.45, 2.75) is 45.8 Å². The minimum atomic E-state index is -0.0560. The standard InChI is InChI=1S/C30H28N6OS/c1-18-13-23(37-20(3)21-7-5-4-6-8-21)14-19(2)28(18)25-15-24(27-17-33-30(38-27)34-22-9-10-22)35-29(36-25)26-16-31-11-12-32-26/h4-8,11-17,20,22H,9-10H2,1-3H3,(H,33,34). The molecule has 1 atom stereocenters. The molecule has 5 aromatic rings. The third-order valence-corrected chi connectivity index (χ3v) is 7.48. The van der Waals surface area contributed by atoms with Gasteiger partial charge in [0.1, 0.15) is 17.5 Å².